The van der Waals surface area contributed by atoms with E-state index in [-0.39, 0.29) is 81.8 Å². The summed E-state index contributed by atoms with van der Waals surface area (Å²) in [6.45, 7) is 1.34. The van der Waals surface area contributed by atoms with Gasteiger partial charge >= 0.3 is 5.97 Å². The predicted molar refractivity (Wildman–Crippen MR) is 64.7 cm³/mol. The van der Waals surface area contributed by atoms with Gasteiger partial charge in [0.1, 0.15) is 6.10 Å². The number of carbonyl (C=O) groups excluding carboxylic acids is 3. The summed E-state index contributed by atoms with van der Waals surface area (Å²) in [5.41, 5.74) is 0. The van der Waals surface area contributed by atoms with Crippen LogP contribution in [0.1, 0.15) is 13.3 Å². The molecule has 1 heterocycles. The number of hydrogen-bond donors (Lipinski definition) is 0. The molecule has 6 atom stereocenters. The fourth-order valence-corrected chi connectivity index (χ4v) is 3.89. The minimum Gasteiger partial charge on any atom is -0.595 e. The summed E-state index contributed by atoms with van der Waals surface area (Å²) in [6, 6.07) is 0. The molecule has 7 heteroatoms. The molecule has 20 heavy (non-hydrogen) atoms. The Morgan fingerprint density at radius 3 is 2.10 bits per heavy atom. The van der Waals surface area contributed by atoms with Crippen molar-refractivity contribution in [2.24, 2.45) is 23.7 Å². The van der Waals surface area contributed by atoms with E-state index in [1.54, 1.807) is 0 Å². The Kier molecular flexibility index (Phi) is 5.49. The number of carbonyl (C=O) groups is 3. The molecule has 6 unspecified atom stereocenters. The first-order valence-electron chi connectivity index (χ1n) is 6.04. The molecule has 1 radical (unpaired) electrons. The van der Waals surface area contributed by atoms with Gasteiger partial charge in [-0.1, -0.05) is 0 Å². The Morgan fingerprint density at radius 2 is 1.65 bits per heavy atom. The van der Waals surface area contributed by atoms with E-state index in [9.17, 15) is 14.4 Å². The molecule has 0 spiro atoms. The van der Waals surface area contributed by atoms with Gasteiger partial charge in [-0.2, -0.15) is 0 Å². The smallest absolute Gasteiger partial charge is 0.303 e. The Labute approximate surface area is 143 Å². The summed E-state index contributed by atoms with van der Waals surface area (Å²) in [4.78, 5) is 34.5. The third kappa shape index (κ3) is 2.36. The van der Waals surface area contributed by atoms with Crippen molar-refractivity contribution in [3.8, 4) is 0 Å². The Balaban J connectivity index is 0.000001000. The number of fused-ring (bicyclic) bond motifs is 5. The number of methoxy groups -OCH3 is 1. The van der Waals surface area contributed by atoms with E-state index < -0.39 is 12.0 Å². The van der Waals surface area contributed by atoms with Crippen LogP contribution in [-0.2, 0) is 56.6 Å². The molecule has 0 aromatic rings. The van der Waals surface area contributed by atoms with Crippen molar-refractivity contribution < 1.29 is 56.6 Å². The van der Waals surface area contributed by atoms with Gasteiger partial charge in [-0.25, -0.2) is 0 Å². The molecule has 3 fully saturated rings. The first-order chi connectivity index (χ1) is 8.54. The average Bonchev–Trinajstić information content (AvgIpc) is 2.90. The van der Waals surface area contributed by atoms with Crippen LogP contribution in [0.4, 0.5) is 0 Å². The summed E-state index contributed by atoms with van der Waals surface area (Å²) < 4.78 is 10.6. The third-order valence-electron chi connectivity index (χ3n) is 4.39. The molecule has 0 aromatic heterocycles. The van der Waals surface area contributed by atoms with Crippen molar-refractivity contribution in [3.63, 3.8) is 0 Å². The van der Waals surface area contributed by atoms with E-state index >= 15 is 0 Å². The van der Waals surface area contributed by atoms with Gasteiger partial charge in [0.25, 0.3) is 0 Å². The largest absolute Gasteiger partial charge is 0.595 e. The molecule has 2 aliphatic carbocycles. The maximum Gasteiger partial charge on any atom is 0.303 e. The Bertz CT molecular complexity index is 440. The van der Waals surface area contributed by atoms with E-state index in [4.69, 9.17) is 9.47 Å². The second-order valence-electron chi connectivity index (χ2n) is 5.18. The van der Waals surface area contributed by atoms with E-state index in [1.165, 1.54) is 14.0 Å². The van der Waals surface area contributed by atoms with E-state index in [0.717, 1.165) is 0 Å². The maximum atomic E-state index is 11.7. The third-order valence-corrected chi connectivity index (χ3v) is 4.39. The molecule has 2 saturated carbocycles. The quantitative estimate of drug-likeness (QED) is 0.413. The number of imide groups is 1. The molecule has 2 bridgehead atoms. The number of hydrogen-bond acceptors (Lipinski definition) is 5. The topological polar surface area (TPSA) is 83.8 Å². The first-order valence-corrected chi connectivity index (χ1v) is 6.04. The van der Waals surface area contributed by atoms with Crippen LogP contribution in [0.2, 0.25) is 0 Å². The predicted octanol–water partition coefficient (Wildman–Crippen LogP) is 0.703. The molecule has 109 valence electrons. The standard InChI is InChI=1S/C12H15NO5.CH3.Y/c1-4(14)18-10-6-3-5(9(10)17-2)7-8(6)12(16)13-11(7)15;;/h5-10H,3H2,1-2H3,(H,13,15,16);1H3;/q;-1;/p-1. The van der Waals surface area contributed by atoms with Crippen LogP contribution in [-0.4, -0.2) is 37.1 Å². The maximum absolute atomic E-state index is 11.7. The second-order valence-corrected chi connectivity index (χ2v) is 5.18. The fourth-order valence-electron chi connectivity index (χ4n) is 3.89. The molecule has 2 amide bonds. The summed E-state index contributed by atoms with van der Waals surface area (Å²) >= 11 is 0. The fraction of sp³-hybridized carbons (Fsp3) is 0.692. The monoisotopic (exact) mass is 356 g/mol. The number of esters is 1. The van der Waals surface area contributed by atoms with Crippen LogP contribution >= 0.6 is 0 Å². The van der Waals surface area contributed by atoms with Crippen molar-refractivity contribution in [1.29, 1.82) is 0 Å². The van der Waals surface area contributed by atoms with Crippen LogP contribution in [0.3, 0.4) is 0 Å². The molecule has 0 aromatic carbocycles. The van der Waals surface area contributed by atoms with Gasteiger partial charge in [-0.3, -0.25) is 4.79 Å². The van der Waals surface area contributed by atoms with Gasteiger partial charge in [0.2, 0.25) is 0 Å². The molecular formula is C13H17NO5Y-2. The number of ether oxygens (including phenoxy) is 2. The minimum atomic E-state index is -0.427. The van der Waals surface area contributed by atoms with Gasteiger partial charge in [0.05, 0.1) is 17.9 Å². The number of amides is 2. The van der Waals surface area contributed by atoms with Crippen LogP contribution < -0.4 is 0 Å². The summed E-state index contributed by atoms with van der Waals surface area (Å²) in [5.74, 6) is -2.03. The zero-order valence-electron chi connectivity index (χ0n) is 11.7. The van der Waals surface area contributed by atoms with Crippen LogP contribution in [0.25, 0.3) is 5.32 Å². The van der Waals surface area contributed by atoms with E-state index in [1.807, 2.05) is 0 Å². The van der Waals surface area contributed by atoms with Gasteiger partial charge in [0.15, 0.2) is 0 Å². The summed E-state index contributed by atoms with van der Waals surface area (Å²) in [6.07, 6.45) is -0.0345. The normalized spacial score (nSPS) is 40.5. The van der Waals surface area contributed by atoms with Crippen LogP contribution in [0, 0.1) is 31.1 Å². The van der Waals surface area contributed by atoms with Crippen molar-refractivity contribution in [2.45, 2.75) is 25.6 Å². The second kappa shape index (κ2) is 6.20. The van der Waals surface area contributed by atoms with Gasteiger partial charge in [-0.15, -0.1) is 0 Å². The van der Waals surface area contributed by atoms with Crippen LogP contribution in [0.5, 0.6) is 0 Å². The van der Waals surface area contributed by atoms with Gasteiger partial charge in [-0.05, 0) is 12.3 Å². The van der Waals surface area contributed by atoms with Crippen molar-refractivity contribution in [2.75, 3.05) is 7.11 Å². The van der Waals surface area contributed by atoms with Gasteiger partial charge < -0.3 is 31.8 Å². The Hall–Kier alpha value is -0.326. The zero-order chi connectivity index (χ0) is 13.0. The average molecular weight is 356 g/mol. The number of nitrogens with zero attached hydrogens (tertiary/aromatic N) is 1. The van der Waals surface area contributed by atoms with Crippen molar-refractivity contribution in [3.05, 3.63) is 12.7 Å². The molecule has 1 aliphatic heterocycles. The van der Waals surface area contributed by atoms with Crippen molar-refractivity contribution in [1.82, 2.24) is 0 Å². The minimum absolute atomic E-state index is 0. The van der Waals surface area contributed by atoms with Crippen molar-refractivity contribution >= 4 is 17.8 Å². The summed E-state index contributed by atoms with van der Waals surface area (Å²) in [5, 5.41) is 3.52. The van der Waals surface area contributed by atoms with E-state index in [0.29, 0.717) is 6.42 Å². The SMILES string of the molecule is COC1C2CC(C1OC(C)=O)C1C(=O)[N-]C(=O)C21.[CH3-].[Y]. The first kappa shape index (κ1) is 17.7. The number of rotatable bonds is 2. The molecule has 6 nitrogen and oxygen atoms in total. The molecule has 0 N–H and O–H groups in total. The summed E-state index contributed by atoms with van der Waals surface area (Å²) in [7, 11) is 1.54. The van der Waals surface area contributed by atoms with E-state index in [2.05, 4.69) is 5.32 Å². The zero-order valence-corrected chi connectivity index (χ0v) is 14.6. The van der Waals surface area contributed by atoms with Crippen LogP contribution in [0.15, 0.2) is 0 Å². The molecular weight excluding hydrogens is 339 g/mol. The molecule has 3 aliphatic rings. The Morgan fingerprint density at radius 1 is 1.15 bits per heavy atom. The van der Waals surface area contributed by atoms with Gasteiger partial charge in [0, 0.05) is 64.5 Å². The molecule has 1 saturated heterocycles. The molecule has 3 rings (SSSR count).